The first-order chi connectivity index (χ1) is 13.2. The highest BCUT2D eigenvalue weighted by atomic mass is 35.5. The lowest BCUT2D eigenvalue weighted by molar-refractivity contribution is -0.119. The molecule has 2 aromatic carbocycles. The van der Waals surface area contributed by atoms with E-state index in [2.05, 4.69) is 5.32 Å². The largest absolute Gasteiger partial charge is 0.495 e. The summed E-state index contributed by atoms with van der Waals surface area (Å²) < 4.78 is 30.6. The number of benzene rings is 2. The minimum absolute atomic E-state index is 0.212. The number of carbonyl (C=O) groups is 1. The topological polar surface area (TPSA) is 75.7 Å². The standard InChI is InChI=1S/C19H22Cl2N2O4S/c1-27-18-10-9-15(20)12-17(18)23(28(2,25)26)13-19(24)22-11-5-7-14-6-3-4-8-16(14)21/h3-4,6,8-10,12H,5,7,11,13H2,1-2H3,(H,22,24). The Bertz CT molecular complexity index is 935. The van der Waals surface area contributed by atoms with Gasteiger partial charge in [-0.2, -0.15) is 0 Å². The zero-order chi connectivity index (χ0) is 20.7. The van der Waals surface area contributed by atoms with Crippen LogP contribution in [0.4, 0.5) is 5.69 Å². The second kappa shape index (κ2) is 10.0. The highest BCUT2D eigenvalue weighted by Crippen LogP contribution is 2.32. The Morgan fingerprint density at radius 3 is 2.54 bits per heavy atom. The lowest BCUT2D eigenvalue weighted by Gasteiger charge is -2.24. The van der Waals surface area contributed by atoms with Gasteiger partial charge in [-0.05, 0) is 42.7 Å². The van der Waals surface area contributed by atoms with Gasteiger partial charge in [-0.25, -0.2) is 8.42 Å². The fraction of sp³-hybridized carbons (Fsp3) is 0.316. The van der Waals surface area contributed by atoms with Crippen molar-refractivity contribution in [1.29, 1.82) is 0 Å². The Hall–Kier alpha value is -1.96. The third-order valence-electron chi connectivity index (χ3n) is 4.00. The lowest BCUT2D eigenvalue weighted by Crippen LogP contribution is -2.40. The second-order valence-corrected chi connectivity index (χ2v) is 8.88. The van der Waals surface area contributed by atoms with Crippen LogP contribution in [0.2, 0.25) is 10.0 Å². The van der Waals surface area contributed by atoms with Crippen LogP contribution in [0.5, 0.6) is 5.75 Å². The van der Waals surface area contributed by atoms with E-state index < -0.39 is 15.9 Å². The Morgan fingerprint density at radius 1 is 1.18 bits per heavy atom. The average molecular weight is 445 g/mol. The Balaban J connectivity index is 2.00. The van der Waals surface area contributed by atoms with Crippen LogP contribution in [0.1, 0.15) is 12.0 Å². The van der Waals surface area contributed by atoms with Crippen molar-refractivity contribution < 1.29 is 17.9 Å². The monoisotopic (exact) mass is 444 g/mol. The highest BCUT2D eigenvalue weighted by Gasteiger charge is 2.24. The van der Waals surface area contributed by atoms with Crippen molar-refractivity contribution in [2.24, 2.45) is 0 Å². The van der Waals surface area contributed by atoms with Gasteiger partial charge in [-0.3, -0.25) is 9.10 Å². The van der Waals surface area contributed by atoms with Gasteiger partial charge in [0.15, 0.2) is 0 Å². The number of aryl methyl sites for hydroxylation is 1. The molecular formula is C19H22Cl2N2O4S. The molecular weight excluding hydrogens is 423 g/mol. The maximum absolute atomic E-state index is 12.3. The third-order valence-corrected chi connectivity index (χ3v) is 5.73. The van der Waals surface area contributed by atoms with Gasteiger partial charge >= 0.3 is 0 Å². The molecule has 0 saturated heterocycles. The minimum atomic E-state index is -3.73. The van der Waals surface area contributed by atoms with Gasteiger partial charge in [0.05, 0.1) is 19.1 Å². The Morgan fingerprint density at radius 2 is 1.89 bits per heavy atom. The van der Waals surface area contributed by atoms with Crippen molar-refractivity contribution in [3.8, 4) is 5.75 Å². The number of nitrogens with zero attached hydrogens (tertiary/aromatic N) is 1. The molecule has 0 saturated carbocycles. The zero-order valence-electron chi connectivity index (χ0n) is 15.6. The SMILES string of the molecule is COc1ccc(Cl)cc1N(CC(=O)NCCCc1ccccc1Cl)S(C)(=O)=O. The number of ether oxygens (including phenoxy) is 1. The molecule has 0 aliphatic heterocycles. The van der Waals surface area contributed by atoms with Gasteiger partial charge in [0.2, 0.25) is 15.9 Å². The third kappa shape index (κ3) is 6.29. The van der Waals surface area contributed by atoms with Gasteiger partial charge in [0, 0.05) is 16.6 Å². The van der Waals surface area contributed by atoms with Crippen LogP contribution in [0, 0.1) is 0 Å². The van der Waals surface area contributed by atoms with E-state index >= 15 is 0 Å². The number of nitrogens with one attached hydrogen (secondary N) is 1. The van der Waals surface area contributed by atoms with E-state index in [1.807, 2.05) is 24.3 Å². The van der Waals surface area contributed by atoms with E-state index in [-0.39, 0.29) is 12.2 Å². The molecule has 0 atom stereocenters. The predicted octanol–water partition coefficient (Wildman–Crippen LogP) is 3.52. The first-order valence-electron chi connectivity index (χ1n) is 8.53. The summed E-state index contributed by atoms with van der Waals surface area (Å²) in [5.41, 5.74) is 1.21. The molecule has 0 fully saturated rings. The van der Waals surface area contributed by atoms with E-state index in [9.17, 15) is 13.2 Å². The lowest BCUT2D eigenvalue weighted by atomic mass is 10.1. The molecule has 0 aliphatic carbocycles. The quantitative estimate of drug-likeness (QED) is 0.600. The van der Waals surface area contributed by atoms with Crippen LogP contribution in [0.3, 0.4) is 0 Å². The molecule has 2 aromatic rings. The first-order valence-corrected chi connectivity index (χ1v) is 11.1. The highest BCUT2D eigenvalue weighted by molar-refractivity contribution is 7.92. The molecule has 0 aliphatic rings. The van der Waals surface area contributed by atoms with E-state index in [0.717, 1.165) is 16.1 Å². The van der Waals surface area contributed by atoms with Gasteiger partial charge in [-0.15, -0.1) is 0 Å². The number of rotatable bonds is 9. The maximum atomic E-state index is 12.3. The number of sulfonamides is 1. The maximum Gasteiger partial charge on any atom is 0.240 e. The van der Waals surface area contributed by atoms with Crippen LogP contribution in [0.25, 0.3) is 0 Å². The van der Waals surface area contributed by atoms with Crippen molar-refractivity contribution >= 4 is 44.8 Å². The molecule has 1 N–H and O–H groups in total. The Kier molecular flexibility index (Phi) is 7.98. The van der Waals surface area contributed by atoms with Crippen LogP contribution >= 0.6 is 23.2 Å². The number of hydrogen-bond donors (Lipinski definition) is 1. The smallest absolute Gasteiger partial charge is 0.240 e. The second-order valence-electron chi connectivity index (χ2n) is 6.13. The van der Waals surface area contributed by atoms with Crippen molar-refractivity contribution in [2.75, 3.05) is 30.8 Å². The van der Waals surface area contributed by atoms with Crippen LogP contribution in [0.15, 0.2) is 42.5 Å². The number of hydrogen-bond acceptors (Lipinski definition) is 4. The molecule has 1 amide bonds. The molecule has 0 bridgehead atoms. The number of anilines is 1. The van der Waals surface area contributed by atoms with Crippen LogP contribution in [-0.2, 0) is 21.2 Å². The molecule has 152 valence electrons. The molecule has 0 spiro atoms. The number of carbonyl (C=O) groups excluding carboxylic acids is 1. The van der Waals surface area contributed by atoms with Gasteiger partial charge in [-0.1, -0.05) is 41.4 Å². The number of amides is 1. The molecule has 6 nitrogen and oxygen atoms in total. The van der Waals surface area contributed by atoms with Crippen molar-refractivity contribution in [2.45, 2.75) is 12.8 Å². The van der Waals surface area contributed by atoms with Crippen LogP contribution in [-0.4, -0.2) is 40.8 Å². The van der Waals surface area contributed by atoms with Crippen molar-refractivity contribution in [3.63, 3.8) is 0 Å². The molecule has 28 heavy (non-hydrogen) atoms. The summed E-state index contributed by atoms with van der Waals surface area (Å²) in [6.07, 6.45) is 2.41. The summed E-state index contributed by atoms with van der Waals surface area (Å²) in [6, 6.07) is 12.1. The van der Waals surface area contributed by atoms with Crippen molar-refractivity contribution in [3.05, 3.63) is 58.1 Å². The summed E-state index contributed by atoms with van der Waals surface area (Å²) in [7, 11) is -2.31. The molecule has 9 heteroatoms. The summed E-state index contributed by atoms with van der Waals surface area (Å²) in [5, 5.41) is 3.76. The summed E-state index contributed by atoms with van der Waals surface area (Å²) >= 11 is 12.1. The fourth-order valence-corrected chi connectivity index (χ4v) is 3.88. The predicted molar refractivity (Wildman–Crippen MR) is 113 cm³/mol. The van der Waals surface area contributed by atoms with Crippen molar-refractivity contribution in [1.82, 2.24) is 5.32 Å². The van der Waals surface area contributed by atoms with E-state index in [1.165, 1.54) is 13.2 Å². The zero-order valence-corrected chi connectivity index (χ0v) is 17.9. The van der Waals surface area contributed by atoms with E-state index in [1.54, 1.807) is 12.1 Å². The molecule has 0 aromatic heterocycles. The molecule has 0 unspecified atom stereocenters. The summed E-state index contributed by atoms with van der Waals surface area (Å²) in [6.45, 7) is 0.0238. The first kappa shape index (κ1) is 22.3. The summed E-state index contributed by atoms with van der Waals surface area (Å²) in [5.74, 6) is -0.118. The summed E-state index contributed by atoms with van der Waals surface area (Å²) in [4.78, 5) is 12.3. The van der Waals surface area contributed by atoms with Gasteiger partial charge in [0.1, 0.15) is 12.3 Å². The number of methoxy groups -OCH3 is 1. The van der Waals surface area contributed by atoms with E-state index in [4.69, 9.17) is 27.9 Å². The number of halogens is 2. The molecule has 2 rings (SSSR count). The van der Waals surface area contributed by atoms with Gasteiger partial charge in [0.25, 0.3) is 0 Å². The average Bonchev–Trinajstić information content (AvgIpc) is 2.63. The van der Waals surface area contributed by atoms with E-state index in [0.29, 0.717) is 35.2 Å². The van der Waals surface area contributed by atoms with Gasteiger partial charge < -0.3 is 10.1 Å². The van der Waals surface area contributed by atoms with Crippen LogP contribution < -0.4 is 14.4 Å². The minimum Gasteiger partial charge on any atom is -0.495 e. The fourth-order valence-electron chi connectivity index (χ4n) is 2.63. The Labute approximate surface area is 175 Å². The molecule has 0 heterocycles. The normalized spacial score (nSPS) is 11.1. The molecule has 0 radical (unpaired) electrons.